The Bertz CT molecular complexity index is 844. The lowest BCUT2D eigenvalue weighted by molar-refractivity contribution is -0.123. The van der Waals surface area contributed by atoms with Crippen molar-refractivity contribution in [2.24, 2.45) is 0 Å². The lowest BCUT2D eigenvalue weighted by Gasteiger charge is -2.10. The molecule has 0 aliphatic carbocycles. The molecular formula is C16H16Cl2N2O4S. The Morgan fingerprint density at radius 1 is 1.04 bits per heavy atom. The maximum atomic E-state index is 12.1. The van der Waals surface area contributed by atoms with E-state index in [1.807, 2.05) is 0 Å². The second-order valence-electron chi connectivity index (χ2n) is 4.92. The van der Waals surface area contributed by atoms with Gasteiger partial charge in [-0.3, -0.25) is 4.79 Å². The third kappa shape index (κ3) is 6.21. The highest BCUT2D eigenvalue weighted by molar-refractivity contribution is 7.89. The van der Waals surface area contributed by atoms with E-state index in [1.54, 1.807) is 36.4 Å². The fraction of sp³-hybridized carbons (Fsp3) is 0.188. The molecular weight excluding hydrogens is 387 g/mol. The van der Waals surface area contributed by atoms with Crippen molar-refractivity contribution in [3.05, 3.63) is 58.6 Å². The van der Waals surface area contributed by atoms with Gasteiger partial charge in [-0.2, -0.15) is 0 Å². The molecule has 0 saturated heterocycles. The summed E-state index contributed by atoms with van der Waals surface area (Å²) in [4.78, 5) is 11.8. The van der Waals surface area contributed by atoms with Gasteiger partial charge in [0, 0.05) is 18.1 Å². The van der Waals surface area contributed by atoms with Crippen molar-refractivity contribution in [3.8, 4) is 5.75 Å². The largest absolute Gasteiger partial charge is 0.482 e. The Balaban J connectivity index is 1.73. The van der Waals surface area contributed by atoms with Gasteiger partial charge in [0.25, 0.3) is 5.91 Å². The molecule has 0 saturated carbocycles. The average molecular weight is 403 g/mol. The van der Waals surface area contributed by atoms with Crippen molar-refractivity contribution >= 4 is 39.1 Å². The van der Waals surface area contributed by atoms with Crippen LogP contribution in [0.1, 0.15) is 0 Å². The molecule has 0 aliphatic heterocycles. The molecule has 2 aromatic rings. The Morgan fingerprint density at radius 3 is 2.52 bits per heavy atom. The zero-order valence-electron chi connectivity index (χ0n) is 13.0. The smallest absolute Gasteiger partial charge is 0.257 e. The first-order valence-electron chi connectivity index (χ1n) is 7.28. The van der Waals surface area contributed by atoms with Crippen molar-refractivity contribution < 1.29 is 17.9 Å². The average Bonchev–Trinajstić information content (AvgIpc) is 2.58. The Kier molecular flexibility index (Phi) is 7.07. The lowest BCUT2D eigenvalue weighted by Crippen LogP contribution is -2.36. The summed E-state index contributed by atoms with van der Waals surface area (Å²) in [5.74, 6) is 0.0165. The number of halogens is 2. The topological polar surface area (TPSA) is 84.5 Å². The quantitative estimate of drug-likeness (QED) is 0.664. The summed E-state index contributed by atoms with van der Waals surface area (Å²) in [5, 5.41) is 3.28. The number of hydrogen-bond donors (Lipinski definition) is 2. The van der Waals surface area contributed by atoms with Crippen LogP contribution < -0.4 is 14.8 Å². The van der Waals surface area contributed by atoms with Crippen molar-refractivity contribution in [2.45, 2.75) is 4.90 Å². The van der Waals surface area contributed by atoms with E-state index in [1.165, 1.54) is 12.1 Å². The fourth-order valence-electron chi connectivity index (χ4n) is 1.86. The number of hydrogen-bond acceptors (Lipinski definition) is 4. The molecule has 0 bridgehead atoms. The highest BCUT2D eigenvalue weighted by atomic mass is 35.5. The van der Waals surface area contributed by atoms with E-state index in [0.717, 1.165) is 0 Å². The van der Waals surface area contributed by atoms with Crippen LogP contribution in [0.25, 0.3) is 0 Å². The van der Waals surface area contributed by atoms with Crippen LogP contribution in [0.2, 0.25) is 10.0 Å². The number of sulfonamides is 1. The monoisotopic (exact) mass is 402 g/mol. The number of amides is 1. The molecule has 0 atom stereocenters. The molecule has 6 nitrogen and oxygen atoms in total. The predicted molar refractivity (Wildman–Crippen MR) is 96.6 cm³/mol. The van der Waals surface area contributed by atoms with Gasteiger partial charge in [-0.05, 0) is 30.3 Å². The van der Waals surface area contributed by atoms with Gasteiger partial charge in [0.2, 0.25) is 10.0 Å². The lowest BCUT2D eigenvalue weighted by atomic mass is 10.3. The SMILES string of the molecule is O=C(COc1ccccc1Cl)NCCNS(=O)(=O)c1cccc(Cl)c1. The van der Waals surface area contributed by atoms with E-state index >= 15 is 0 Å². The highest BCUT2D eigenvalue weighted by Crippen LogP contribution is 2.22. The minimum Gasteiger partial charge on any atom is -0.482 e. The van der Waals surface area contributed by atoms with Gasteiger partial charge in [0.15, 0.2) is 6.61 Å². The first-order chi connectivity index (χ1) is 11.9. The maximum absolute atomic E-state index is 12.1. The summed E-state index contributed by atoms with van der Waals surface area (Å²) < 4.78 is 31.8. The van der Waals surface area contributed by atoms with E-state index in [-0.39, 0.29) is 30.5 Å². The summed E-state index contributed by atoms with van der Waals surface area (Å²) in [6.07, 6.45) is 0. The standard InChI is InChI=1S/C16H16Cl2N2O4S/c17-12-4-3-5-13(10-12)25(22,23)20-9-8-19-16(21)11-24-15-7-2-1-6-14(15)18/h1-7,10,20H,8-9,11H2,(H,19,21). The van der Waals surface area contributed by atoms with Crippen molar-refractivity contribution in [1.29, 1.82) is 0 Å². The van der Waals surface area contributed by atoms with Crippen LogP contribution in [0, 0.1) is 0 Å². The molecule has 2 aromatic carbocycles. The highest BCUT2D eigenvalue weighted by Gasteiger charge is 2.13. The molecule has 0 aliphatic rings. The first-order valence-corrected chi connectivity index (χ1v) is 9.51. The molecule has 134 valence electrons. The van der Waals surface area contributed by atoms with Crippen molar-refractivity contribution in [3.63, 3.8) is 0 Å². The number of para-hydroxylation sites is 1. The van der Waals surface area contributed by atoms with Gasteiger partial charge in [-0.25, -0.2) is 13.1 Å². The second kappa shape index (κ2) is 9.05. The van der Waals surface area contributed by atoms with Crippen LogP contribution in [0.4, 0.5) is 0 Å². The third-order valence-electron chi connectivity index (χ3n) is 3.04. The van der Waals surface area contributed by atoms with Gasteiger partial charge in [0.05, 0.1) is 9.92 Å². The van der Waals surface area contributed by atoms with Gasteiger partial charge in [-0.1, -0.05) is 41.4 Å². The summed E-state index contributed by atoms with van der Waals surface area (Å²) >= 11 is 11.7. The summed E-state index contributed by atoms with van der Waals surface area (Å²) in [6, 6.07) is 12.7. The second-order valence-corrected chi connectivity index (χ2v) is 7.53. The molecule has 0 fully saturated rings. The molecule has 2 rings (SSSR count). The van der Waals surface area contributed by atoms with Crippen LogP contribution in [0.15, 0.2) is 53.4 Å². The predicted octanol–water partition coefficient (Wildman–Crippen LogP) is 2.47. The van der Waals surface area contributed by atoms with Crippen LogP contribution in [-0.2, 0) is 14.8 Å². The van der Waals surface area contributed by atoms with E-state index in [4.69, 9.17) is 27.9 Å². The molecule has 9 heteroatoms. The summed E-state index contributed by atoms with van der Waals surface area (Å²) in [6.45, 7) is -0.0675. The summed E-state index contributed by atoms with van der Waals surface area (Å²) in [7, 11) is -3.68. The van der Waals surface area contributed by atoms with Crippen LogP contribution >= 0.6 is 23.2 Å². The molecule has 1 amide bonds. The van der Waals surface area contributed by atoms with E-state index in [9.17, 15) is 13.2 Å². The molecule has 0 spiro atoms. The number of ether oxygens (including phenoxy) is 1. The van der Waals surface area contributed by atoms with E-state index in [2.05, 4.69) is 10.0 Å². The molecule has 0 unspecified atom stereocenters. The van der Waals surface area contributed by atoms with E-state index < -0.39 is 10.0 Å². The van der Waals surface area contributed by atoms with Gasteiger partial charge in [-0.15, -0.1) is 0 Å². The molecule has 0 radical (unpaired) electrons. The minimum absolute atomic E-state index is 0.0344. The Labute approximate surface area is 156 Å². The number of rotatable bonds is 8. The van der Waals surface area contributed by atoms with Crippen molar-refractivity contribution in [2.75, 3.05) is 19.7 Å². The van der Waals surface area contributed by atoms with Crippen molar-refractivity contribution in [1.82, 2.24) is 10.0 Å². The fourth-order valence-corrected chi connectivity index (χ4v) is 3.38. The zero-order chi connectivity index (χ0) is 18.3. The minimum atomic E-state index is -3.68. The molecule has 0 heterocycles. The van der Waals surface area contributed by atoms with E-state index in [0.29, 0.717) is 15.8 Å². The number of benzene rings is 2. The molecule has 2 N–H and O–H groups in total. The number of carbonyl (C=O) groups is 1. The molecule has 25 heavy (non-hydrogen) atoms. The molecule has 0 aromatic heterocycles. The first kappa shape index (κ1) is 19.5. The van der Waals surface area contributed by atoms with Gasteiger partial charge < -0.3 is 10.1 Å². The normalized spacial score (nSPS) is 11.1. The maximum Gasteiger partial charge on any atom is 0.257 e. The Hall–Kier alpha value is -1.80. The number of carbonyl (C=O) groups excluding carboxylic acids is 1. The van der Waals surface area contributed by atoms with Crippen LogP contribution in [0.3, 0.4) is 0 Å². The Morgan fingerprint density at radius 2 is 1.80 bits per heavy atom. The third-order valence-corrected chi connectivity index (χ3v) is 5.05. The summed E-state index contributed by atoms with van der Waals surface area (Å²) in [5.41, 5.74) is 0. The van der Waals surface area contributed by atoms with Crippen LogP contribution in [0.5, 0.6) is 5.75 Å². The van der Waals surface area contributed by atoms with Gasteiger partial charge in [0.1, 0.15) is 5.75 Å². The van der Waals surface area contributed by atoms with Crippen LogP contribution in [-0.4, -0.2) is 34.0 Å². The zero-order valence-corrected chi connectivity index (χ0v) is 15.4. The number of nitrogens with one attached hydrogen (secondary N) is 2. The van der Waals surface area contributed by atoms with Gasteiger partial charge >= 0.3 is 0 Å².